The normalized spacial score (nSPS) is 10.5. The Kier molecular flexibility index (Phi) is 8.30. The Balaban J connectivity index is 1.85. The van der Waals surface area contributed by atoms with Crippen LogP contribution in [-0.2, 0) is 22.6 Å². The number of rotatable bonds is 8. The number of aromatic nitrogens is 1. The van der Waals surface area contributed by atoms with Crippen LogP contribution in [0.5, 0.6) is 0 Å². The standard InChI is InChI=1S/C17H20Cl2N4O3S/c1-11(24)23(5-6-26-2)9-13-10-27-17(21-13)22-16(25)20-8-12-3-4-14(18)15(19)7-12/h3-4,7,10H,5-6,8-9H2,1-2H3,(H2,20,21,22,25). The fraction of sp³-hybridized carbons (Fsp3) is 0.353. The summed E-state index contributed by atoms with van der Waals surface area (Å²) < 4.78 is 5.00. The van der Waals surface area contributed by atoms with E-state index in [2.05, 4.69) is 15.6 Å². The summed E-state index contributed by atoms with van der Waals surface area (Å²) in [4.78, 5) is 29.6. The summed E-state index contributed by atoms with van der Waals surface area (Å²) in [5.74, 6) is -0.0612. The van der Waals surface area contributed by atoms with E-state index >= 15 is 0 Å². The first-order valence-electron chi connectivity index (χ1n) is 8.06. The minimum Gasteiger partial charge on any atom is -0.383 e. The van der Waals surface area contributed by atoms with Crippen LogP contribution in [0.3, 0.4) is 0 Å². The number of halogens is 2. The molecule has 146 valence electrons. The molecule has 1 heterocycles. The van der Waals surface area contributed by atoms with Gasteiger partial charge in [-0.05, 0) is 17.7 Å². The fourth-order valence-corrected chi connectivity index (χ4v) is 3.17. The van der Waals surface area contributed by atoms with E-state index in [0.29, 0.717) is 47.1 Å². The van der Waals surface area contributed by atoms with Gasteiger partial charge >= 0.3 is 6.03 Å². The summed E-state index contributed by atoms with van der Waals surface area (Å²) >= 11 is 13.1. The summed E-state index contributed by atoms with van der Waals surface area (Å²) in [6, 6.07) is 4.77. The van der Waals surface area contributed by atoms with Crippen LogP contribution in [0.2, 0.25) is 10.0 Å². The number of methoxy groups -OCH3 is 1. The molecule has 0 aliphatic carbocycles. The topological polar surface area (TPSA) is 83.6 Å². The predicted octanol–water partition coefficient (Wildman–Crippen LogP) is 3.77. The van der Waals surface area contributed by atoms with Gasteiger partial charge in [-0.15, -0.1) is 11.3 Å². The maximum absolute atomic E-state index is 12.0. The molecule has 0 aliphatic heterocycles. The van der Waals surface area contributed by atoms with E-state index in [1.54, 1.807) is 35.6 Å². The summed E-state index contributed by atoms with van der Waals surface area (Å²) in [6.45, 7) is 3.09. The molecule has 0 saturated carbocycles. The highest BCUT2D eigenvalue weighted by molar-refractivity contribution is 7.13. The number of nitrogens with zero attached hydrogens (tertiary/aromatic N) is 2. The van der Waals surface area contributed by atoms with Crippen molar-refractivity contribution in [1.82, 2.24) is 15.2 Å². The average Bonchev–Trinajstić information content (AvgIpc) is 3.06. The molecule has 2 aromatic rings. The lowest BCUT2D eigenvalue weighted by Gasteiger charge is -2.19. The Bertz CT molecular complexity index is 800. The Hall–Kier alpha value is -1.87. The summed E-state index contributed by atoms with van der Waals surface area (Å²) in [6.07, 6.45) is 0. The molecule has 0 saturated heterocycles. The van der Waals surface area contributed by atoms with Crippen LogP contribution >= 0.6 is 34.5 Å². The molecule has 1 aromatic carbocycles. The zero-order valence-corrected chi connectivity index (χ0v) is 17.2. The van der Waals surface area contributed by atoms with Gasteiger partial charge in [0.1, 0.15) is 0 Å². The minimum absolute atomic E-state index is 0.0612. The van der Waals surface area contributed by atoms with Crippen LogP contribution in [0.1, 0.15) is 18.2 Å². The third kappa shape index (κ3) is 6.99. The number of anilines is 1. The predicted molar refractivity (Wildman–Crippen MR) is 107 cm³/mol. The molecule has 0 aliphatic rings. The van der Waals surface area contributed by atoms with Gasteiger partial charge in [-0.25, -0.2) is 9.78 Å². The third-order valence-electron chi connectivity index (χ3n) is 3.57. The van der Waals surface area contributed by atoms with Crippen molar-refractivity contribution in [2.45, 2.75) is 20.0 Å². The third-order valence-corrected chi connectivity index (χ3v) is 5.12. The molecule has 10 heteroatoms. The van der Waals surface area contributed by atoms with E-state index in [0.717, 1.165) is 5.56 Å². The number of benzene rings is 1. The molecule has 27 heavy (non-hydrogen) atoms. The van der Waals surface area contributed by atoms with E-state index in [4.69, 9.17) is 27.9 Å². The van der Waals surface area contributed by atoms with Crippen molar-refractivity contribution >= 4 is 51.6 Å². The molecular formula is C17H20Cl2N4O3S. The monoisotopic (exact) mass is 430 g/mol. The van der Waals surface area contributed by atoms with Gasteiger partial charge in [-0.3, -0.25) is 10.1 Å². The van der Waals surface area contributed by atoms with E-state index < -0.39 is 0 Å². The molecule has 1 aromatic heterocycles. The zero-order chi connectivity index (χ0) is 19.8. The van der Waals surface area contributed by atoms with Crippen molar-refractivity contribution in [3.8, 4) is 0 Å². The van der Waals surface area contributed by atoms with Crippen LogP contribution in [-0.4, -0.2) is 42.1 Å². The van der Waals surface area contributed by atoms with E-state index in [1.807, 2.05) is 0 Å². The van der Waals surface area contributed by atoms with Gasteiger partial charge in [-0.2, -0.15) is 0 Å². The number of nitrogens with one attached hydrogen (secondary N) is 2. The van der Waals surface area contributed by atoms with Crippen LogP contribution in [0.15, 0.2) is 23.6 Å². The number of hydrogen-bond acceptors (Lipinski definition) is 5. The number of carbonyl (C=O) groups excluding carboxylic acids is 2. The van der Waals surface area contributed by atoms with Crippen molar-refractivity contribution in [2.75, 3.05) is 25.6 Å². The molecule has 2 rings (SSSR count). The molecule has 0 bridgehead atoms. The molecular weight excluding hydrogens is 411 g/mol. The molecule has 0 atom stereocenters. The van der Waals surface area contributed by atoms with Gasteiger partial charge in [0, 0.05) is 32.5 Å². The Morgan fingerprint density at radius 2 is 2.07 bits per heavy atom. The summed E-state index contributed by atoms with van der Waals surface area (Å²) in [5, 5.41) is 8.55. The number of ether oxygens (including phenoxy) is 1. The zero-order valence-electron chi connectivity index (χ0n) is 14.9. The largest absolute Gasteiger partial charge is 0.383 e. The second-order valence-electron chi connectivity index (χ2n) is 5.63. The van der Waals surface area contributed by atoms with E-state index in [9.17, 15) is 9.59 Å². The lowest BCUT2D eigenvalue weighted by molar-refractivity contribution is -0.130. The van der Waals surface area contributed by atoms with Crippen LogP contribution < -0.4 is 10.6 Å². The number of amides is 3. The Labute approximate surface area is 171 Å². The van der Waals surface area contributed by atoms with Crippen molar-refractivity contribution in [3.63, 3.8) is 0 Å². The van der Waals surface area contributed by atoms with Gasteiger partial charge in [0.05, 0.1) is 28.9 Å². The van der Waals surface area contributed by atoms with Crippen molar-refractivity contribution in [3.05, 3.63) is 44.9 Å². The lowest BCUT2D eigenvalue weighted by Crippen LogP contribution is -2.31. The second kappa shape index (κ2) is 10.5. The number of urea groups is 1. The maximum atomic E-state index is 12.0. The number of hydrogen-bond donors (Lipinski definition) is 2. The highest BCUT2D eigenvalue weighted by Crippen LogP contribution is 2.22. The Morgan fingerprint density at radius 1 is 1.30 bits per heavy atom. The minimum atomic E-state index is -0.384. The molecule has 0 radical (unpaired) electrons. The van der Waals surface area contributed by atoms with E-state index in [-0.39, 0.29) is 11.9 Å². The lowest BCUT2D eigenvalue weighted by atomic mass is 10.2. The molecule has 2 N–H and O–H groups in total. The number of thiazole rings is 1. The van der Waals surface area contributed by atoms with Crippen LogP contribution in [0.25, 0.3) is 0 Å². The van der Waals surface area contributed by atoms with Crippen LogP contribution in [0, 0.1) is 0 Å². The molecule has 0 spiro atoms. The quantitative estimate of drug-likeness (QED) is 0.667. The van der Waals surface area contributed by atoms with Gasteiger partial charge in [0.25, 0.3) is 0 Å². The SMILES string of the molecule is COCCN(Cc1csc(NC(=O)NCc2ccc(Cl)c(Cl)c2)n1)C(C)=O. The average molecular weight is 431 g/mol. The van der Waals surface area contributed by atoms with E-state index in [1.165, 1.54) is 18.3 Å². The fourth-order valence-electron chi connectivity index (χ4n) is 2.16. The maximum Gasteiger partial charge on any atom is 0.321 e. The summed E-state index contributed by atoms with van der Waals surface area (Å²) in [7, 11) is 1.58. The molecule has 0 unspecified atom stereocenters. The number of carbonyl (C=O) groups is 2. The highest BCUT2D eigenvalue weighted by atomic mass is 35.5. The Morgan fingerprint density at radius 3 is 2.74 bits per heavy atom. The first-order chi connectivity index (χ1) is 12.9. The van der Waals surface area contributed by atoms with Gasteiger partial charge in [0.2, 0.25) is 5.91 Å². The summed E-state index contributed by atoms with van der Waals surface area (Å²) in [5.41, 5.74) is 1.53. The van der Waals surface area contributed by atoms with Crippen molar-refractivity contribution < 1.29 is 14.3 Å². The van der Waals surface area contributed by atoms with Crippen molar-refractivity contribution in [2.24, 2.45) is 0 Å². The first kappa shape index (κ1) is 21.4. The second-order valence-corrected chi connectivity index (χ2v) is 7.31. The molecule has 0 fully saturated rings. The van der Waals surface area contributed by atoms with Gasteiger partial charge < -0.3 is 15.0 Å². The van der Waals surface area contributed by atoms with Gasteiger partial charge in [-0.1, -0.05) is 29.3 Å². The molecule has 7 nitrogen and oxygen atoms in total. The smallest absolute Gasteiger partial charge is 0.321 e. The van der Waals surface area contributed by atoms with Crippen molar-refractivity contribution in [1.29, 1.82) is 0 Å². The van der Waals surface area contributed by atoms with Crippen LogP contribution in [0.4, 0.5) is 9.93 Å². The first-order valence-corrected chi connectivity index (χ1v) is 9.70. The highest BCUT2D eigenvalue weighted by Gasteiger charge is 2.13. The van der Waals surface area contributed by atoms with Gasteiger partial charge in [0.15, 0.2) is 5.13 Å². The molecule has 3 amide bonds.